The maximum Gasteiger partial charge on any atom is 0.389 e. The quantitative estimate of drug-likeness (QED) is 0.356. The molecular weight excluding hydrogens is 439 g/mol. The Hall–Kier alpha value is -3.61. The number of fused-ring (bicyclic) bond motifs is 1. The molecule has 2 heterocycles. The Balaban J connectivity index is 1.35. The molecular formula is C27H26F3N3O. The number of halogens is 3. The average Bonchev–Trinajstić information content (AvgIpc) is 3.14. The number of aryl methyl sites for hydroxylation is 2. The monoisotopic (exact) mass is 465 g/mol. The molecule has 2 aromatic carbocycles. The predicted octanol–water partition coefficient (Wildman–Crippen LogP) is 6.16. The van der Waals surface area contributed by atoms with Crippen LogP contribution in [0.5, 0.6) is 0 Å². The summed E-state index contributed by atoms with van der Waals surface area (Å²) in [6.45, 7) is 1.80. The number of nitrogens with zero attached hydrogens (tertiary/aromatic N) is 2. The molecule has 7 heteroatoms. The number of para-hydroxylation sites is 1. The second-order valence-electron chi connectivity index (χ2n) is 8.52. The van der Waals surface area contributed by atoms with E-state index in [2.05, 4.69) is 33.1 Å². The van der Waals surface area contributed by atoms with Crippen molar-refractivity contribution in [2.75, 3.05) is 0 Å². The van der Waals surface area contributed by atoms with Crippen LogP contribution in [0.2, 0.25) is 0 Å². The van der Waals surface area contributed by atoms with Crippen molar-refractivity contribution in [1.29, 1.82) is 0 Å². The van der Waals surface area contributed by atoms with E-state index in [1.54, 1.807) is 19.1 Å². The fraction of sp³-hybridized carbons (Fsp3) is 0.259. The Morgan fingerprint density at radius 2 is 1.74 bits per heavy atom. The number of alkyl halides is 3. The summed E-state index contributed by atoms with van der Waals surface area (Å²) in [7, 11) is 2.04. The second kappa shape index (κ2) is 9.71. The van der Waals surface area contributed by atoms with E-state index < -0.39 is 12.6 Å². The lowest BCUT2D eigenvalue weighted by Crippen LogP contribution is -2.28. The fourth-order valence-corrected chi connectivity index (χ4v) is 4.04. The normalized spacial score (nSPS) is 12.6. The Labute approximate surface area is 196 Å². The standard InChI is InChI=1S/C27H26F3N3O/c1-18(23-12-9-20(17-31-23)13-14-27(28,29)30)32-26(34)15-19-7-10-21(11-8-19)25-16-22-5-3-4-6-24(22)33(25)2/h3-12,16-18H,13-15H2,1-2H3,(H,32,34)/t18-/m1/s1. The number of carbonyl (C=O) groups is 1. The number of benzene rings is 2. The third-order valence-corrected chi connectivity index (χ3v) is 5.93. The zero-order valence-electron chi connectivity index (χ0n) is 19.1. The number of aromatic nitrogens is 2. The highest BCUT2D eigenvalue weighted by Gasteiger charge is 2.26. The van der Waals surface area contributed by atoms with Crippen molar-refractivity contribution in [2.24, 2.45) is 7.05 Å². The van der Waals surface area contributed by atoms with Gasteiger partial charge in [-0.2, -0.15) is 13.2 Å². The van der Waals surface area contributed by atoms with E-state index in [-0.39, 0.29) is 24.8 Å². The van der Waals surface area contributed by atoms with Crippen LogP contribution in [0.1, 0.15) is 36.2 Å². The molecule has 0 fully saturated rings. The molecule has 1 amide bonds. The van der Waals surface area contributed by atoms with Crippen LogP contribution in [-0.2, 0) is 24.7 Å². The van der Waals surface area contributed by atoms with Gasteiger partial charge in [0.1, 0.15) is 0 Å². The molecule has 1 atom stereocenters. The van der Waals surface area contributed by atoms with Crippen molar-refractivity contribution >= 4 is 16.8 Å². The molecule has 4 aromatic rings. The van der Waals surface area contributed by atoms with Crippen LogP contribution in [0.25, 0.3) is 22.2 Å². The van der Waals surface area contributed by atoms with Gasteiger partial charge < -0.3 is 9.88 Å². The highest BCUT2D eigenvalue weighted by Crippen LogP contribution is 2.27. The van der Waals surface area contributed by atoms with Crippen LogP contribution in [0.4, 0.5) is 13.2 Å². The Kier molecular flexibility index (Phi) is 6.72. The smallest absolute Gasteiger partial charge is 0.348 e. The molecule has 0 radical (unpaired) electrons. The average molecular weight is 466 g/mol. The molecule has 0 aliphatic rings. The summed E-state index contributed by atoms with van der Waals surface area (Å²) in [4.78, 5) is 16.8. The maximum atomic E-state index is 12.5. The van der Waals surface area contributed by atoms with E-state index in [1.807, 2.05) is 43.4 Å². The number of amides is 1. The molecule has 34 heavy (non-hydrogen) atoms. The first-order valence-corrected chi connectivity index (χ1v) is 11.1. The van der Waals surface area contributed by atoms with Crippen LogP contribution in [0.3, 0.4) is 0 Å². The lowest BCUT2D eigenvalue weighted by Gasteiger charge is -2.14. The Morgan fingerprint density at radius 1 is 1.03 bits per heavy atom. The number of hydrogen-bond donors (Lipinski definition) is 1. The third-order valence-electron chi connectivity index (χ3n) is 5.93. The van der Waals surface area contributed by atoms with Gasteiger partial charge in [-0.1, -0.05) is 48.5 Å². The maximum absolute atomic E-state index is 12.5. The van der Waals surface area contributed by atoms with Gasteiger partial charge >= 0.3 is 6.18 Å². The van der Waals surface area contributed by atoms with Crippen molar-refractivity contribution < 1.29 is 18.0 Å². The van der Waals surface area contributed by atoms with Crippen LogP contribution in [0, 0.1) is 0 Å². The number of carbonyl (C=O) groups excluding carboxylic acids is 1. The first kappa shape index (κ1) is 23.5. The summed E-state index contributed by atoms with van der Waals surface area (Å²) >= 11 is 0. The SMILES string of the molecule is C[C@@H](NC(=O)Cc1ccc(-c2cc3ccccc3n2C)cc1)c1ccc(CCC(F)(F)F)cn1. The molecule has 4 nitrogen and oxygen atoms in total. The minimum Gasteiger partial charge on any atom is -0.348 e. The number of hydrogen-bond acceptors (Lipinski definition) is 2. The fourth-order valence-electron chi connectivity index (χ4n) is 4.04. The predicted molar refractivity (Wildman–Crippen MR) is 127 cm³/mol. The van der Waals surface area contributed by atoms with E-state index in [4.69, 9.17) is 0 Å². The molecule has 0 aliphatic heterocycles. The molecule has 4 rings (SSSR count). The third kappa shape index (κ3) is 5.65. The molecule has 0 bridgehead atoms. The van der Waals surface area contributed by atoms with E-state index in [0.29, 0.717) is 11.3 Å². The Morgan fingerprint density at radius 3 is 2.38 bits per heavy atom. The highest BCUT2D eigenvalue weighted by molar-refractivity contribution is 5.87. The molecule has 176 valence electrons. The molecule has 1 N–H and O–H groups in total. The van der Waals surface area contributed by atoms with E-state index in [1.165, 1.54) is 11.6 Å². The summed E-state index contributed by atoms with van der Waals surface area (Å²) in [6.07, 6.45) is -3.50. The summed E-state index contributed by atoms with van der Waals surface area (Å²) < 4.78 is 39.3. The summed E-state index contributed by atoms with van der Waals surface area (Å²) in [5.41, 5.74) is 5.36. The number of rotatable bonds is 7. The second-order valence-corrected chi connectivity index (χ2v) is 8.52. The van der Waals surface area contributed by atoms with Crippen LogP contribution in [-0.4, -0.2) is 21.6 Å². The minimum atomic E-state index is -4.19. The van der Waals surface area contributed by atoms with Crippen molar-refractivity contribution in [3.05, 3.63) is 89.7 Å². The largest absolute Gasteiger partial charge is 0.389 e. The highest BCUT2D eigenvalue weighted by atomic mass is 19.4. The number of pyridine rings is 1. The lowest BCUT2D eigenvalue weighted by atomic mass is 10.1. The van der Waals surface area contributed by atoms with Gasteiger partial charge in [-0.15, -0.1) is 0 Å². The van der Waals surface area contributed by atoms with E-state index in [0.717, 1.165) is 22.3 Å². The van der Waals surface area contributed by atoms with Gasteiger partial charge in [0.2, 0.25) is 5.91 Å². The summed E-state index contributed by atoms with van der Waals surface area (Å²) in [5.74, 6) is -0.146. The van der Waals surface area contributed by atoms with Crippen LogP contribution in [0.15, 0.2) is 72.9 Å². The summed E-state index contributed by atoms with van der Waals surface area (Å²) in [5, 5.41) is 4.09. The van der Waals surface area contributed by atoms with Gasteiger partial charge in [-0.25, -0.2) is 0 Å². The molecule has 0 saturated heterocycles. The van der Waals surface area contributed by atoms with E-state index in [9.17, 15) is 18.0 Å². The Bertz CT molecular complexity index is 1280. The molecule has 0 aliphatic carbocycles. The number of nitrogens with one attached hydrogen (secondary N) is 1. The van der Waals surface area contributed by atoms with Crippen LogP contribution < -0.4 is 5.32 Å². The van der Waals surface area contributed by atoms with Crippen molar-refractivity contribution in [1.82, 2.24) is 14.9 Å². The lowest BCUT2D eigenvalue weighted by molar-refractivity contribution is -0.134. The van der Waals surface area contributed by atoms with Gasteiger partial charge in [0.25, 0.3) is 0 Å². The van der Waals surface area contributed by atoms with E-state index >= 15 is 0 Å². The minimum absolute atomic E-state index is 0.105. The summed E-state index contributed by atoms with van der Waals surface area (Å²) in [6, 6.07) is 21.2. The molecule has 0 unspecified atom stereocenters. The van der Waals surface area contributed by atoms with Crippen LogP contribution >= 0.6 is 0 Å². The van der Waals surface area contributed by atoms with Gasteiger partial charge in [0.05, 0.1) is 18.2 Å². The molecule has 2 aromatic heterocycles. The first-order chi connectivity index (χ1) is 16.2. The molecule has 0 spiro atoms. The zero-order chi connectivity index (χ0) is 24.3. The van der Waals surface area contributed by atoms with Gasteiger partial charge in [0, 0.05) is 36.3 Å². The van der Waals surface area contributed by atoms with Crippen molar-refractivity contribution in [3.8, 4) is 11.3 Å². The van der Waals surface area contributed by atoms with Crippen molar-refractivity contribution in [3.63, 3.8) is 0 Å². The first-order valence-electron chi connectivity index (χ1n) is 11.1. The van der Waals surface area contributed by atoms with Gasteiger partial charge in [0.15, 0.2) is 0 Å². The van der Waals surface area contributed by atoms with Gasteiger partial charge in [-0.05, 0) is 48.2 Å². The van der Waals surface area contributed by atoms with Gasteiger partial charge in [-0.3, -0.25) is 9.78 Å². The zero-order valence-corrected chi connectivity index (χ0v) is 19.1. The van der Waals surface area contributed by atoms with Crippen molar-refractivity contribution in [2.45, 2.75) is 38.4 Å². The topological polar surface area (TPSA) is 46.9 Å². The molecule has 0 saturated carbocycles.